The number of allylic oxidation sites excluding steroid dienone is 1. The third-order valence-corrected chi connectivity index (χ3v) is 4.95. The lowest BCUT2D eigenvalue weighted by Gasteiger charge is -2.09. The van der Waals surface area contributed by atoms with E-state index in [4.69, 9.17) is 0 Å². The van der Waals surface area contributed by atoms with Crippen LogP contribution in [0, 0.1) is 12.7 Å². The second-order valence-electron chi connectivity index (χ2n) is 4.48. The Balaban J connectivity index is 2.51. The quantitative estimate of drug-likeness (QED) is 0.857. The maximum atomic E-state index is 12.9. The molecule has 0 N–H and O–H groups in total. The Morgan fingerprint density at radius 1 is 1.00 bits per heavy atom. The molecular formula is C16H15FO2S. The van der Waals surface area contributed by atoms with Gasteiger partial charge in [0.15, 0.2) is 0 Å². The van der Waals surface area contributed by atoms with E-state index < -0.39 is 15.7 Å². The van der Waals surface area contributed by atoms with Gasteiger partial charge in [0.1, 0.15) is 5.82 Å². The fourth-order valence-electron chi connectivity index (χ4n) is 1.94. The van der Waals surface area contributed by atoms with Crippen molar-refractivity contribution in [1.82, 2.24) is 0 Å². The zero-order chi connectivity index (χ0) is 14.8. The summed E-state index contributed by atoms with van der Waals surface area (Å²) in [5, 5.41) is 0. The van der Waals surface area contributed by atoms with Crippen LogP contribution in [0.1, 0.15) is 18.1 Å². The number of benzene rings is 2. The van der Waals surface area contributed by atoms with Crippen molar-refractivity contribution >= 4 is 14.7 Å². The van der Waals surface area contributed by atoms with Gasteiger partial charge in [0.25, 0.3) is 0 Å². The van der Waals surface area contributed by atoms with Gasteiger partial charge in [-0.05, 0) is 43.7 Å². The second-order valence-corrected chi connectivity index (χ2v) is 6.39. The van der Waals surface area contributed by atoms with Gasteiger partial charge in [-0.3, -0.25) is 0 Å². The number of sulfone groups is 1. The lowest BCUT2D eigenvalue weighted by molar-refractivity contribution is 0.605. The van der Waals surface area contributed by atoms with Gasteiger partial charge in [-0.15, -0.1) is 0 Å². The van der Waals surface area contributed by atoms with Gasteiger partial charge in [-0.1, -0.05) is 35.9 Å². The lowest BCUT2D eigenvalue weighted by atomic mass is 10.2. The van der Waals surface area contributed by atoms with E-state index in [1.165, 1.54) is 30.3 Å². The Bertz CT molecular complexity index is 727. The van der Waals surface area contributed by atoms with E-state index in [1.54, 1.807) is 31.2 Å². The highest BCUT2D eigenvalue weighted by atomic mass is 32.2. The van der Waals surface area contributed by atoms with Crippen molar-refractivity contribution in [3.05, 3.63) is 71.6 Å². The molecule has 0 atom stereocenters. The van der Waals surface area contributed by atoms with Crippen molar-refractivity contribution in [2.45, 2.75) is 18.7 Å². The molecule has 0 aliphatic carbocycles. The van der Waals surface area contributed by atoms with Crippen molar-refractivity contribution in [2.24, 2.45) is 0 Å². The summed E-state index contributed by atoms with van der Waals surface area (Å²) in [7, 11) is -3.60. The van der Waals surface area contributed by atoms with Crippen LogP contribution in [-0.2, 0) is 9.84 Å². The van der Waals surface area contributed by atoms with Crippen LogP contribution in [0.2, 0.25) is 0 Å². The molecule has 20 heavy (non-hydrogen) atoms. The number of halogens is 1. The van der Waals surface area contributed by atoms with Gasteiger partial charge < -0.3 is 0 Å². The summed E-state index contributed by atoms with van der Waals surface area (Å²) in [5.74, 6) is -0.392. The van der Waals surface area contributed by atoms with E-state index in [1.807, 2.05) is 6.92 Å². The highest BCUT2D eigenvalue weighted by molar-refractivity contribution is 8.00. The second kappa shape index (κ2) is 5.59. The maximum Gasteiger partial charge on any atom is 0.206 e. The van der Waals surface area contributed by atoms with Crippen LogP contribution in [0.3, 0.4) is 0 Å². The molecule has 2 rings (SSSR count). The molecule has 0 unspecified atom stereocenters. The van der Waals surface area contributed by atoms with E-state index >= 15 is 0 Å². The summed E-state index contributed by atoms with van der Waals surface area (Å²) in [6.45, 7) is 3.55. The van der Waals surface area contributed by atoms with E-state index in [0.717, 1.165) is 5.56 Å². The highest BCUT2D eigenvalue weighted by Gasteiger charge is 2.21. The zero-order valence-corrected chi connectivity index (χ0v) is 12.1. The topological polar surface area (TPSA) is 34.1 Å². The summed E-state index contributed by atoms with van der Waals surface area (Å²) in [6.07, 6.45) is 1.53. The van der Waals surface area contributed by atoms with Crippen molar-refractivity contribution < 1.29 is 12.8 Å². The number of rotatable bonds is 3. The molecule has 2 nitrogen and oxygen atoms in total. The Morgan fingerprint density at radius 2 is 1.55 bits per heavy atom. The molecule has 0 amide bonds. The van der Waals surface area contributed by atoms with Gasteiger partial charge in [0.2, 0.25) is 9.84 Å². The van der Waals surface area contributed by atoms with Crippen LogP contribution in [0.15, 0.2) is 59.5 Å². The molecule has 4 heteroatoms. The van der Waals surface area contributed by atoms with Crippen molar-refractivity contribution in [1.29, 1.82) is 0 Å². The van der Waals surface area contributed by atoms with Crippen LogP contribution in [0.5, 0.6) is 0 Å². The summed E-state index contributed by atoms with van der Waals surface area (Å²) < 4.78 is 38.1. The maximum absolute atomic E-state index is 12.9. The minimum Gasteiger partial charge on any atom is -0.219 e. The average Bonchev–Trinajstić information content (AvgIpc) is 2.42. The fraction of sp³-hybridized carbons (Fsp3) is 0.125. The predicted molar refractivity (Wildman–Crippen MR) is 78.4 cm³/mol. The number of hydrogen-bond acceptors (Lipinski definition) is 2. The van der Waals surface area contributed by atoms with Crippen LogP contribution < -0.4 is 0 Å². The molecule has 104 valence electrons. The first-order chi connectivity index (χ1) is 9.45. The standard InChI is InChI=1S/C16H15FO2S/c1-3-16(13-6-8-14(17)9-7-13)20(18,19)15-10-4-12(2)5-11-15/h3-11H,1-2H3/b16-3+. The SMILES string of the molecule is C/C=C(\c1ccc(F)cc1)S(=O)(=O)c1ccc(C)cc1. The third kappa shape index (κ3) is 2.80. The molecule has 0 heterocycles. The molecule has 0 saturated heterocycles. The van der Waals surface area contributed by atoms with Crippen molar-refractivity contribution in [3.63, 3.8) is 0 Å². The van der Waals surface area contributed by atoms with Crippen LogP contribution in [0.4, 0.5) is 4.39 Å². The summed E-state index contributed by atoms with van der Waals surface area (Å²) in [5.41, 5.74) is 1.47. The molecular weight excluding hydrogens is 275 g/mol. The van der Waals surface area contributed by atoms with E-state index in [0.29, 0.717) is 5.56 Å². The van der Waals surface area contributed by atoms with E-state index in [9.17, 15) is 12.8 Å². The minimum absolute atomic E-state index is 0.182. The fourth-order valence-corrected chi connectivity index (χ4v) is 3.44. The minimum atomic E-state index is -3.60. The normalized spacial score (nSPS) is 12.4. The van der Waals surface area contributed by atoms with Gasteiger partial charge in [-0.2, -0.15) is 0 Å². The van der Waals surface area contributed by atoms with E-state index in [2.05, 4.69) is 0 Å². The first-order valence-electron chi connectivity index (χ1n) is 6.19. The van der Waals surface area contributed by atoms with Gasteiger partial charge in [0.05, 0.1) is 9.80 Å². The summed E-state index contributed by atoms with van der Waals surface area (Å²) in [6, 6.07) is 12.1. The number of hydrogen-bond donors (Lipinski definition) is 0. The van der Waals surface area contributed by atoms with Gasteiger partial charge in [0, 0.05) is 0 Å². The van der Waals surface area contributed by atoms with Crippen LogP contribution in [0.25, 0.3) is 4.91 Å². The molecule has 2 aromatic carbocycles. The molecule has 0 aliphatic heterocycles. The Morgan fingerprint density at radius 3 is 2.05 bits per heavy atom. The Labute approximate surface area is 118 Å². The summed E-state index contributed by atoms with van der Waals surface area (Å²) >= 11 is 0. The summed E-state index contributed by atoms with van der Waals surface area (Å²) in [4.78, 5) is 0.418. The van der Waals surface area contributed by atoms with Crippen molar-refractivity contribution in [3.8, 4) is 0 Å². The van der Waals surface area contributed by atoms with Gasteiger partial charge >= 0.3 is 0 Å². The first-order valence-corrected chi connectivity index (χ1v) is 7.67. The largest absolute Gasteiger partial charge is 0.219 e. The zero-order valence-electron chi connectivity index (χ0n) is 11.3. The van der Waals surface area contributed by atoms with Crippen molar-refractivity contribution in [2.75, 3.05) is 0 Å². The molecule has 0 aliphatic rings. The smallest absolute Gasteiger partial charge is 0.206 e. The van der Waals surface area contributed by atoms with Crippen LogP contribution >= 0.6 is 0 Å². The average molecular weight is 290 g/mol. The Kier molecular flexibility index (Phi) is 4.04. The molecule has 2 aromatic rings. The molecule has 0 aromatic heterocycles. The monoisotopic (exact) mass is 290 g/mol. The Hall–Kier alpha value is -1.94. The molecule has 0 radical (unpaired) electrons. The molecule has 0 bridgehead atoms. The molecule has 0 spiro atoms. The van der Waals surface area contributed by atoms with Crippen LogP contribution in [-0.4, -0.2) is 8.42 Å². The highest BCUT2D eigenvalue weighted by Crippen LogP contribution is 2.28. The lowest BCUT2D eigenvalue weighted by Crippen LogP contribution is -2.04. The van der Waals surface area contributed by atoms with E-state index in [-0.39, 0.29) is 9.80 Å². The first kappa shape index (κ1) is 14.5. The molecule has 0 saturated carbocycles. The molecule has 0 fully saturated rings. The van der Waals surface area contributed by atoms with Gasteiger partial charge in [-0.25, -0.2) is 12.8 Å². The third-order valence-electron chi connectivity index (χ3n) is 3.01. The predicted octanol–water partition coefficient (Wildman–Crippen LogP) is 3.97. The number of aryl methyl sites for hydroxylation is 1.